The molecule has 1 saturated heterocycles. The maximum Gasteiger partial charge on any atom is 0.103 e. The minimum absolute atomic E-state index is 0.00189. The van der Waals surface area contributed by atoms with E-state index >= 15 is 0 Å². The van der Waals surface area contributed by atoms with Gasteiger partial charge in [-0.3, -0.25) is 0 Å². The van der Waals surface area contributed by atoms with Crippen LogP contribution in [0.2, 0.25) is 0 Å². The van der Waals surface area contributed by atoms with Gasteiger partial charge in [0.25, 0.3) is 0 Å². The van der Waals surface area contributed by atoms with Crippen molar-refractivity contribution in [3.63, 3.8) is 0 Å². The second kappa shape index (κ2) is 5.66. The molecule has 0 saturated carbocycles. The zero-order chi connectivity index (χ0) is 14.9. The van der Waals surface area contributed by atoms with Crippen molar-refractivity contribution in [2.45, 2.75) is 18.2 Å². The lowest BCUT2D eigenvalue weighted by Crippen LogP contribution is -2.39. The second-order valence-electron chi connectivity index (χ2n) is 5.35. The van der Waals surface area contributed by atoms with E-state index in [0.717, 1.165) is 16.2 Å². The summed E-state index contributed by atoms with van der Waals surface area (Å²) in [6.45, 7) is 0. The summed E-state index contributed by atoms with van der Waals surface area (Å²) in [4.78, 5) is 4.76. The molecule has 0 bridgehead atoms. The van der Waals surface area contributed by atoms with Crippen LogP contribution in [0.4, 0.5) is 5.69 Å². The summed E-state index contributed by atoms with van der Waals surface area (Å²) >= 11 is 1.70. The lowest BCUT2D eigenvalue weighted by atomic mass is 10.1. The number of aromatic nitrogens is 1. The molecule has 0 amide bonds. The summed E-state index contributed by atoms with van der Waals surface area (Å²) in [5.74, 6) is 0.0672. The number of nitrogens with zero attached hydrogens (tertiary/aromatic N) is 1. The van der Waals surface area contributed by atoms with E-state index in [1.165, 1.54) is 4.70 Å². The number of nitrogens with one attached hydrogen (secondary N) is 3. The first kappa shape index (κ1) is 13.7. The fraction of sp³-hybridized carbons (Fsp3) is 0.188. The molecule has 2 aromatic carbocycles. The normalized spacial score (nSPS) is 24.7. The number of thiazole rings is 1. The Labute approximate surface area is 132 Å². The van der Waals surface area contributed by atoms with Gasteiger partial charge < -0.3 is 11.1 Å². The van der Waals surface area contributed by atoms with E-state index in [1.54, 1.807) is 11.3 Å². The van der Waals surface area contributed by atoms with E-state index in [1.807, 2.05) is 48.5 Å². The number of para-hydroxylation sites is 2. The van der Waals surface area contributed by atoms with Gasteiger partial charge in [-0.15, -0.1) is 11.3 Å². The molecule has 5 nitrogen and oxygen atoms in total. The Morgan fingerprint density at radius 2 is 1.77 bits per heavy atom. The first-order valence-corrected chi connectivity index (χ1v) is 8.06. The van der Waals surface area contributed by atoms with Crippen molar-refractivity contribution in [1.29, 1.82) is 0 Å². The highest BCUT2D eigenvalue weighted by molar-refractivity contribution is 7.18. The molecule has 6 heteroatoms. The first-order valence-electron chi connectivity index (χ1n) is 7.25. The number of fused-ring (bicyclic) bond motifs is 1. The van der Waals surface area contributed by atoms with Crippen LogP contribution in [0.3, 0.4) is 0 Å². The Kier molecular flexibility index (Phi) is 3.51. The third-order valence-corrected chi connectivity index (χ3v) is 4.98. The molecule has 1 aliphatic heterocycles. The minimum atomic E-state index is -0.179. The molecule has 3 aromatic rings. The molecule has 3 atom stereocenters. The average Bonchev–Trinajstić information content (AvgIpc) is 3.11. The molecule has 5 N–H and O–H groups in total. The molecule has 3 unspecified atom stereocenters. The smallest absolute Gasteiger partial charge is 0.103 e. The van der Waals surface area contributed by atoms with Crippen LogP contribution in [-0.4, -0.2) is 17.3 Å². The van der Waals surface area contributed by atoms with E-state index in [0.29, 0.717) is 0 Å². The third kappa shape index (κ3) is 2.46. The van der Waals surface area contributed by atoms with Crippen molar-refractivity contribution in [1.82, 2.24) is 15.8 Å². The van der Waals surface area contributed by atoms with E-state index in [2.05, 4.69) is 22.2 Å². The lowest BCUT2D eigenvalue weighted by Gasteiger charge is -2.20. The fourth-order valence-corrected chi connectivity index (χ4v) is 3.89. The molecule has 1 aromatic heterocycles. The van der Waals surface area contributed by atoms with Crippen LogP contribution in [0.1, 0.15) is 10.9 Å². The van der Waals surface area contributed by atoms with Crippen LogP contribution in [-0.2, 0) is 0 Å². The zero-order valence-electron chi connectivity index (χ0n) is 11.9. The zero-order valence-corrected chi connectivity index (χ0v) is 12.7. The highest BCUT2D eigenvalue weighted by Crippen LogP contribution is 2.32. The third-order valence-electron chi connectivity index (χ3n) is 3.84. The van der Waals surface area contributed by atoms with Gasteiger partial charge in [-0.25, -0.2) is 15.8 Å². The van der Waals surface area contributed by atoms with E-state index in [4.69, 9.17) is 10.7 Å². The molecular weight excluding hydrogens is 294 g/mol. The van der Waals surface area contributed by atoms with E-state index in [-0.39, 0.29) is 18.2 Å². The predicted octanol–water partition coefficient (Wildman–Crippen LogP) is 2.21. The molecule has 112 valence electrons. The van der Waals surface area contributed by atoms with Crippen LogP contribution < -0.4 is 21.9 Å². The molecular formula is C16H17N5S. The standard InChI is InChI=1S/C16H17N5S/c17-14-13(16-19-11-8-4-5-9-12(11)22-16)15(21-20-14)18-10-6-2-1-3-7-10/h1-9,13-15,18,20-21H,17H2. The monoisotopic (exact) mass is 311 g/mol. The van der Waals surface area contributed by atoms with Gasteiger partial charge in [0.2, 0.25) is 0 Å². The van der Waals surface area contributed by atoms with Crippen molar-refractivity contribution in [3.05, 3.63) is 59.6 Å². The Bertz CT molecular complexity index is 739. The van der Waals surface area contributed by atoms with Gasteiger partial charge in [0.05, 0.1) is 22.3 Å². The van der Waals surface area contributed by atoms with Crippen LogP contribution in [0, 0.1) is 0 Å². The highest BCUT2D eigenvalue weighted by atomic mass is 32.1. The summed E-state index contributed by atoms with van der Waals surface area (Å²) in [5, 5.41) is 4.52. The van der Waals surface area contributed by atoms with Gasteiger partial charge in [0, 0.05) is 5.69 Å². The van der Waals surface area contributed by atoms with Crippen LogP contribution >= 0.6 is 11.3 Å². The molecule has 0 radical (unpaired) electrons. The second-order valence-corrected chi connectivity index (χ2v) is 6.41. The number of anilines is 1. The fourth-order valence-electron chi connectivity index (χ4n) is 2.74. The van der Waals surface area contributed by atoms with Crippen molar-refractivity contribution < 1.29 is 0 Å². The van der Waals surface area contributed by atoms with E-state index < -0.39 is 0 Å². The van der Waals surface area contributed by atoms with Crippen molar-refractivity contribution >= 4 is 27.2 Å². The Balaban J connectivity index is 1.65. The minimum Gasteiger partial charge on any atom is -0.368 e. The topological polar surface area (TPSA) is 75.0 Å². The molecule has 0 aliphatic carbocycles. The number of hydrazine groups is 1. The summed E-state index contributed by atoms with van der Waals surface area (Å²) in [6, 6.07) is 18.3. The Morgan fingerprint density at radius 3 is 2.59 bits per heavy atom. The number of rotatable bonds is 3. The van der Waals surface area contributed by atoms with Gasteiger partial charge >= 0.3 is 0 Å². The van der Waals surface area contributed by atoms with Crippen LogP contribution in [0.5, 0.6) is 0 Å². The maximum atomic E-state index is 6.23. The van der Waals surface area contributed by atoms with Crippen molar-refractivity contribution in [3.8, 4) is 0 Å². The van der Waals surface area contributed by atoms with Crippen LogP contribution in [0.15, 0.2) is 54.6 Å². The van der Waals surface area contributed by atoms with Gasteiger partial charge in [0.15, 0.2) is 0 Å². The summed E-state index contributed by atoms with van der Waals surface area (Å²) in [7, 11) is 0. The Hall–Kier alpha value is -1.99. The first-order chi connectivity index (χ1) is 10.8. The molecule has 2 heterocycles. The predicted molar refractivity (Wildman–Crippen MR) is 90.5 cm³/mol. The Morgan fingerprint density at radius 1 is 1.00 bits per heavy atom. The van der Waals surface area contributed by atoms with Gasteiger partial charge in [-0.2, -0.15) is 0 Å². The SMILES string of the molecule is NC1NNC(Nc2ccccc2)C1c1nc2ccccc2s1. The lowest BCUT2D eigenvalue weighted by molar-refractivity contribution is 0.546. The number of hydrogen-bond acceptors (Lipinski definition) is 6. The number of hydrogen-bond donors (Lipinski definition) is 4. The molecule has 0 spiro atoms. The largest absolute Gasteiger partial charge is 0.368 e. The molecule has 4 rings (SSSR count). The van der Waals surface area contributed by atoms with Crippen LogP contribution in [0.25, 0.3) is 10.2 Å². The molecule has 1 aliphatic rings. The quantitative estimate of drug-likeness (QED) is 0.597. The number of benzene rings is 2. The van der Waals surface area contributed by atoms with Crippen molar-refractivity contribution in [2.75, 3.05) is 5.32 Å². The van der Waals surface area contributed by atoms with Gasteiger partial charge in [0.1, 0.15) is 11.2 Å². The molecule has 1 fully saturated rings. The van der Waals surface area contributed by atoms with Gasteiger partial charge in [-0.05, 0) is 24.3 Å². The summed E-state index contributed by atoms with van der Waals surface area (Å²) in [6.07, 6.45) is -0.181. The average molecular weight is 311 g/mol. The number of nitrogens with two attached hydrogens (primary N) is 1. The summed E-state index contributed by atoms with van der Waals surface area (Å²) < 4.78 is 1.19. The van der Waals surface area contributed by atoms with Gasteiger partial charge in [-0.1, -0.05) is 30.3 Å². The highest BCUT2D eigenvalue weighted by Gasteiger charge is 2.37. The maximum absolute atomic E-state index is 6.23. The van der Waals surface area contributed by atoms with E-state index in [9.17, 15) is 0 Å². The van der Waals surface area contributed by atoms with Crippen molar-refractivity contribution in [2.24, 2.45) is 5.73 Å². The summed E-state index contributed by atoms with van der Waals surface area (Å²) in [5.41, 5.74) is 14.7. The molecule has 22 heavy (non-hydrogen) atoms.